The highest BCUT2D eigenvalue weighted by molar-refractivity contribution is 6.32. The summed E-state index contributed by atoms with van der Waals surface area (Å²) in [6.07, 6.45) is -2.75. The number of aromatic hydroxyl groups is 1. The van der Waals surface area contributed by atoms with Crippen LogP contribution in [0, 0.1) is 0 Å². The SMILES string of the molecule is CC1OC(O[C@]23C(=O)[C@H](O)[C@](C)(O)C[C@@]2(O)C=CC2=C3C(=O)c3cccc(O)c3C2=O)CCC1O. The fraction of sp³-hybridized carbons (Fsp3) is 0.480. The van der Waals surface area contributed by atoms with Gasteiger partial charge >= 0.3 is 0 Å². The van der Waals surface area contributed by atoms with Crippen molar-refractivity contribution in [2.24, 2.45) is 0 Å². The first kappa shape index (κ1) is 24.0. The van der Waals surface area contributed by atoms with Crippen LogP contribution in [0.5, 0.6) is 5.75 Å². The number of phenolic OH excluding ortho intramolecular Hbond substituents is 1. The van der Waals surface area contributed by atoms with E-state index in [9.17, 15) is 39.9 Å². The number of allylic oxidation sites excluding steroid dienone is 2. The molecule has 1 saturated carbocycles. The van der Waals surface area contributed by atoms with Gasteiger partial charge in [0.1, 0.15) is 17.5 Å². The first-order valence-corrected chi connectivity index (χ1v) is 11.4. The molecule has 186 valence electrons. The molecule has 0 radical (unpaired) electrons. The van der Waals surface area contributed by atoms with Gasteiger partial charge in [-0.1, -0.05) is 18.2 Å². The molecule has 3 unspecified atom stereocenters. The minimum atomic E-state index is -2.60. The second-order valence-electron chi connectivity index (χ2n) is 9.92. The molecule has 1 saturated heterocycles. The van der Waals surface area contributed by atoms with E-state index in [-0.39, 0.29) is 29.5 Å². The summed E-state index contributed by atoms with van der Waals surface area (Å²) in [7, 11) is 0. The number of aliphatic hydroxyl groups excluding tert-OH is 2. The van der Waals surface area contributed by atoms with Crippen LogP contribution in [-0.2, 0) is 14.3 Å². The topological polar surface area (TPSA) is 171 Å². The minimum Gasteiger partial charge on any atom is -0.507 e. The van der Waals surface area contributed by atoms with E-state index in [0.717, 1.165) is 6.08 Å². The molecule has 7 atom stereocenters. The van der Waals surface area contributed by atoms with Gasteiger partial charge in [-0.25, -0.2) is 0 Å². The van der Waals surface area contributed by atoms with Crippen molar-refractivity contribution in [2.45, 2.75) is 74.5 Å². The molecule has 0 spiro atoms. The number of fused-ring (bicyclic) bond motifs is 3. The summed E-state index contributed by atoms with van der Waals surface area (Å²) in [5, 5.41) is 53.6. The quantitative estimate of drug-likeness (QED) is 0.386. The van der Waals surface area contributed by atoms with Gasteiger partial charge in [0.2, 0.25) is 5.78 Å². The number of ketones is 3. The van der Waals surface area contributed by atoms with Gasteiger partial charge in [-0.15, -0.1) is 0 Å². The molecule has 10 heteroatoms. The Morgan fingerprint density at radius 2 is 1.80 bits per heavy atom. The van der Waals surface area contributed by atoms with Crippen LogP contribution in [-0.4, -0.2) is 84.3 Å². The van der Waals surface area contributed by atoms with Crippen molar-refractivity contribution in [1.29, 1.82) is 0 Å². The number of carbonyl (C=O) groups excluding carboxylic acids is 3. The van der Waals surface area contributed by atoms with Gasteiger partial charge in [0.15, 0.2) is 23.5 Å². The zero-order valence-corrected chi connectivity index (χ0v) is 19.1. The van der Waals surface area contributed by atoms with E-state index in [4.69, 9.17) is 9.47 Å². The Labute approximate surface area is 200 Å². The standard InChI is InChI=1S/C25H26O10/c1-11-14(26)6-7-16(34-11)35-25-18-13(19(28)17-12(20(18)29)4-3-5-15(17)27)8-9-24(25,33)10-23(2,32)21(30)22(25)31/h3-5,8-9,11,14,16,21,26-27,30,32-33H,6-7,10H2,1-2H3/t11?,14?,16?,21-,23+,24-,25+/m0/s1. The third-order valence-corrected chi connectivity index (χ3v) is 7.47. The second-order valence-corrected chi connectivity index (χ2v) is 9.92. The third-order valence-electron chi connectivity index (χ3n) is 7.47. The maximum atomic E-state index is 13.8. The Hall–Kier alpha value is -2.73. The molecule has 0 bridgehead atoms. The maximum Gasteiger partial charge on any atom is 0.204 e. The molecule has 0 aromatic heterocycles. The van der Waals surface area contributed by atoms with Crippen molar-refractivity contribution in [3.63, 3.8) is 0 Å². The summed E-state index contributed by atoms with van der Waals surface area (Å²) in [4.78, 5) is 41.0. The van der Waals surface area contributed by atoms with E-state index in [1.807, 2.05) is 0 Å². The van der Waals surface area contributed by atoms with E-state index in [1.54, 1.807) is 6.92 Å². The van der Waals surface area contributed by atoms with Crippen molar-refractivity contribution in [1.82, 2.24) is 0 Å². The molecule has 35 heavy (non-hydrogen) atoms. The molecule has 1 aromatic rings. The smallest absolute Gasteiger partial charge is 0.204 e. The number of hydrogen-bond donors (Lipinski definition) is 5. The van der Waals surface area contributed by atoms with Gasteiger partial charge in [-0.2, -0.15) is 0 Å². The fourth-order valence-corrected chi connectivity index (χ4v) is 5.62. The molecule has 2 fully saturated rings. The van der Waals surface area contributed by atoms with E-state index >= 15 is 0 Å². The lowest BCUT2D eigenvalue weighted by Crippen LogP contribution is -2.75. The first-order valence-electron chi connectivity index (χ1n) is 11.4. The molecule has 10 nitrogen and oxygen atoms in total. The van der Waals surface area contributed by atoms with Crippen molar-refractivity contribution in [3.05, 3.63) is 52.6 Å². The number of benzene rings is 1. The Kier molecular flexibility index (Phi) is 5.23. The van der Waals surface area contributed by atoms with Crippen molar-refractivity contribution in [3.8, 4) is 5.75 Å². The summed E-state index contributed by atoms with van der Waals surface area (Å²) >= 11 is 0. The van der Waals surface area contributed by atoms with Crippen molar-refractivity contribution >= 4 is 17.3 Å². The van der Waals surface area contributed by atoms with E-state index < -0.39 is 76.5 Å². The molecule has 4 aliphatic rings. The van der Waals surface area contributed by atoms with E-state index in [1.165, 1.54) is 31.2 Å². The Morgan fingerprint density at radius 1 is 1.09 bits per heavy atom. The number of carbonyl (C=O) groups is 3. The minimum absolute atomic E-state index is 0.0922. The van der Waals surface area contributed by atoms with E-state index in [0.29, 0.717) is 0 Å². The average Bonchev–Trinajstić information content (AvgIpc) is 2.79. The number of rotatable bonds is 2. The van der Waals surface area contributed by atoms with Gasteiger partial charge in [-0.05, 0) is 32.4 Å². The largest absolute Gasteiger partial charge is 0.507 e. The molecule has 1 heterocycles. The lowest BCUT2D eigenvalue weighted by molar-refractivity contribution is -0.289. The monoisotopic (exact) mass is 486 g/mol. The van der Waals surface area contributed by atoms with Gasteiger partial charge < -0.3 is 35.0 Å². The Morgan fingerprint density at radius 3 is 2.49 bits per heavy atom. The van der Waals surface area contributed by atoms with Gasteiger partial charge in [0.25, 0.3) is 0 Å². The Balaban J connectivity index is 1.74. The van der Waals surface area contributed by atoms with Gasteiger partial charge in [-0.3, -0.25) is 14.4 Å². The highest BCUT2D eigenvalue weighted by Crippen LogP contribution is 2.54. The van der Waals surface area contributed by atoms with Crippen LogP contribution >= 0.6 is 0 Å². The number of Topliss-reactive ketones (excluding diaryl/α,β-unsaturated/α-hetero) is 3. The lowest BCUT2D eigenvalue weighted by Gasteiger charge is -2.56. The Bertz CT molecular complexity index is 1210. The van der Waals surface area contributed by atoms with Crippen molar-refractivity contribution in [2.75, 3.05) is 0 Å². The van der Waals surface area contributed by atoms with E-state index in [2.05, 4.69) is 0 Å². The first-order chi connectivity index (χ1) is 16.3. The lowest BCUT2D eigenvalue weighted by atomic mass is 9.56. The van der Waals surface area contributed by atoms with Crippen LogP contribution in [0.4, 0.5) is 0 Å². The van der Waals surface area contributed by atoms with Crippen LogP contribution < -0.4 is 0 Å². The number of aliphatic hydroxyl groups is 4. The van der Waals surface area contributed by atoms with Crippen LogP contribution in [0.2, 0.25) is 0 Å². The molecular weight excluding hydrogens is 460 g/mol. The number of hydrogen-bond acceptors (Lipinski definition) is 10. The van der Waals surface area contributed by atoms with Crippen LogP contribution in [0.15, 0.2) is 41.5 Å². The molecular formula is C25H26O10. The molecule has 0 amide bonds. The predicted octanol–water partition coefficient (Wildman–Crippen LogP) is 0.0947. The molecule has 5 rings (SSSR count). The molecule has 1 aromatic carbocycles. The summed E-state index contributed by atoms with van der Waals surface area (Å²) < 4.78 is 11.8. The van der Waals surface area contributed by atoms with Gasteiger partial charge in [0.05, 0.1) is 28.9 Å². The van der Waals surface area contributed by atoms with Crippen LogP contribution in [0.1, 0.15) is 53.8 Å². The highest BCUT2D eigenvalue weighted by Gasteiger charge is 2.71. The van der Waals surface area contributed by atoms with Gasteiger partial charge in [0, 0.05) is 24.0 Å². The molecule has 3 aliphatic carbocycles. The summed E-state index contributed by atoms with van der Waals surface area (Å²) in [6, 6.07) is 3.92. The number of ether oxygens (including phenoxy) is 2. The molecule has 1 aliphatic heterocycles. The van der Waals surface area contributed by atoms with Crippen molar-refractivity contribution < 1.29 is 49.4 Å². The highest BCUT2D eigenvalue weighted by atomic mass is 16.7. The number of phenols is 1. The summed E-state index contributed by atoms with van der Waals surface area (Å²) in [5.74, 6) is -3.24. The van der Waals surface area contributed by atoms with Crippen LogP contribution in [0.25, 0.3) is 0 Å². The second kappa shape index (κ2) is 7.63. The average molecular weight is 486 g/mol. The third kappa shape index (κ3) is 3.15. The zero-order chi connectivity index (χ0) is 25.5. The molecule has 5 N–H and O–H groups in total. The zero-order valence-electron chi connectivity index (χ0n) is 19.1. The summed E-state index contributed by atoms with van der Waals surface area (Å²) in [5.41, 5.74) is -8.21. The summed E-state index contributed by atoms with van der Waals surface area (Å²) in [6.45, 7) is 2.76. The predicted molar refractivity (Wildman–Crippen MR) is 118 cm³/mol. The normalized spacial score (nSPS) is 40.9. The van der Waals surface area contributed by atoms with Crippen LogP contribution in [0.3, 0.4) is 0 Å². The maximum absolute atomic E-state index is 13.8. The fourth-order valence-electron chi connectivity index (χ4n) is 5.62.